The second-order valence-electron chi connectivity index (χ2n) is 5.40. The van der Waals surface area contributed by atoms with Crippen LogP contribution in [0.3, 0.4) is 0 Å². The van der Waals surface area contributed by atoms with Gasteiger partial charge in [-0.05, 0) is 32.2 Å². The molecule has 1 aromatic rings. The average molecular weight is 268 g/mol. The van der Waals surface area contributed by atoms with Crippen LogP contribution in [0.25, 0.3) is 0 Å². The fourth-order valence-corrected chi connectivity index (χ4v) is 3.13. The molecule has 0 aliphatic carbocycles. The lowest BCUT2D eigenvalue weighted by molar-refractivity contribution is -0.159. The van der Waals surface area contributed by atoms with Crippen molar-refractivity contribution in [2.75, 3.05) is 13.1 Å². The van der Waals surface area contributed by atoms with Crippen molar-refractivity contribution in [3.63, 3.8) is 0 Å². The third-order valence-corrected chi connectivity index (χ3v) is 3.95. The number of amides is 1. The van der Waals surface area contributed by atoms with E-state index >= 15 is 0 Å². The van der Waals surface area contributed by atoms with Crippen molar-refractivity contribution in [3.05, 3.63) is 22.4 Å². The van der Waals surface area contributed by atoms with Crippen LogP contribution in [0.5, 0.6) is 0 Å². The fourth-order valence-electron chi connectivity index (χ4n) is 2.41. The van der Waals surface area contributed by atoms with Crippen LogP contribution < -0.4 is 5.73 Å². The van der Waals surface area contributed by atoms with Crippen LogP contribution in [0.2, 0.25) is 0 Å². The molecule has 1 aromatic heterocycles. The number of carbonyl (C=O) groups excluding carboxylic acids is 1. The third-order valence-electron chi connectivity index (χ3n) is 3.00. The Morgan fingerprint density at radius 2 is 2.39 bits per heavy atom. The van der Waals surface area contributed by atoms with E-state index in [1.165, 1.54) is 11.3 Å². The Kier molecular flexibility index (Phi) is 3.75. The quantitative estimate of drug-likeness (QED) is 0.889. The highest BCUT2D eigenvalue weighted by Crippen LogP contribution is 2.25. The molecule has 18 heavy (non-hydrogen) atoms. The van der Waals surface area contributed by atoms with Gasteiger partial charge in [0, 0.05) is 18.0 Å². The summed E-state index contributed by atoms with van der Waals surface area (Å²) in [5.41, 5.74) is 5.72. The zero-order chi connectivity index (χ0) is 13.3. The van der Waals surface area contributed by atoms with E-state index in [1.807, 2.05) is 43.2 Å². The van der Waals surface area contributed by atoms with Crippen LogP contribution in [0.1, 0.15) is 31.7 Å². The average Bonchev–Trinajstić information content (AvgIpc) is 2.77. The Bertz CT molecular complexity index is 417. The molecule has 1 aliphatic rings. The molecule has 1 aliphatic heterocycles. The molecule has 1 saturated heterocycles. The highest BCUT2D eigenvalue weighted by Gasteiger charge is 2.35. The monoisotopic (exact) mass is 268 g/mol. The predicted octanol–water partition coefficient (Wildman–Crippen LogP) is 1.77. The molecule has 5 heteroatoms. The molecule has 0 aromatic carbocycles. The van der Waals surface area contributed by atoms with Gasteiger partial charge in [0.2, 0.25) is 5.91 Å². The smallest absolute Gasteiger partial charge is 0.245 e. The molecule has 0 saturated carbocycles. The Labute approximate surface area is 112 Å². The van der Waals surface area contributed by atoms with Crippen LogP contribution in [0.15, 0.2) is 17.5 Å². The Morgan fingerprint density at radius 3 is 2.94 bits per heavy atom. The number of thiophene rings is 1. The molecule has 2 unspecified atom stereocenters. The third kappa shape index (κ3) is 2.91. The number of hydrogen-bond acceptors (Lipinski definition) is 4. The molecule has 2 rings (SSSR count). The summed E-state index contributed by atoms with van der Waals surface area (Å²) >= 11 is 1.52. The summed E-state index contributed by atoms with van der Waals surface area (Å²) in [6, 6.07) is 3.27. The molecule has 0 spiro atoms. The molecule has 0 radical (unpaired) electrons. The van der Waals surface area contributed by atoms with Gasteiger partial charge in [-0.1, -0.05) is 6.07 Å². The first-order chi connectivity index (χ1) is 8.39. The van der Waals surface area contributed by atoms with Gasteiger partial charge in [0.05, 0.1) is 11.7 Å². The van der Waals surface area contributed by atoms with Crippen molar-refractivity contribution in [3.8, 4) is 0 Å². The summed E-state index contributed by atoms with van der Waals surface area (Å²) < 4.78 is 5.79. The van der Waals surface area contributed by atoms with E-state index in [2.05, 4.69) is 0 Å². The molecule has 1 fully saturated rings. The Morgan fingerprint density at radius 1 is 1.67 bits per heavy atom. The van der Waals surface area contributed by atoms with Gasteiger partial charge in [-0.3, -0.25) is 4.79 Å². The lowest BCUT2D eigenvalue weighted by Gasteiger charge is -2.42. The molecule has 2 heterocycles. The topological polar surface area (TPSA) is 55.6 Å². The first-order valence-electron chi connectivity index (χ1n) is 6.15. The number of carbonyl (C=O) groups is 1. The Hall–Kier alpha value is -0.910. The normalized spacial score (nSPS) is 24.9. The standard InChI is InChI=1S/C13H20N2O2S/c1-9-7-15(8-13(2,3)17-9)12(16)11(14)10-5-4-6-18-10/h4-6,9,11H,7-8,14H2,1-3H3. The van der Waals surface area contributed by atoms with E-state index in [0.29, 0.717) is 13.1 Å². The second kappa shape index (κ2) is 4.99. The van der Waals surface area contributed by atoms with Gasteiger partial charge in [0.15, 0.2) is 0 Å². The zero-order valence-electron chi connectivity index (χ0n) is 11.1. The number of morpholine rings is 1. The summed E-state index contributed by atoms with van der Waals surface area (Å²) in [4.78, 5) is 15.1. The first kappa shape index (κ1) is 13.5. The minimum absolute atomic E-state index is 0.0133. The van der Waals surface area contributed by atoms with E-state index in [0.717, 1.165) is 4.88 Å². The maximum atomic E-state index is 12.4. The van der Waals surface area contributed by atoms with E-state index < -0.39 is 6.04 Å². The summed E-state index contributed by atoms with van der Waals surface area (Å²) in [5.74, 6) is -0.0133. The predicted molar refractivity (Wildman–Crippen MR) is 72.5 cm³/mol. The van der Waals surface area contributed by atoms with Crippen molar-refractivity contribution < 1.29 is 9.53 Å². The van der Waals surface area contributed by atoms with Crippen molar-refractivity contribution >= 4 is 17.2 Å². The van der Waals surface area contributed by atoms with Crippen LogP contribution in [-0.2, 0) is 9.53 Å². The van der Waals surface area contributed by atoms with Gasteiger partial charge in [-0.15, -0.1) is 11.3 Å². The molecule has 100 valence electrons. The van der Waals surface area contributed by atoms with E-state index in [9.17, 15) is 4.79 Å². The number of hydrogen-bond donors (Lipinski definition) is 1. The SMILES string of the molecule is CC1CN(C(=O)C(N)c2cccs2)CC(C)(C)O1. The second-order valence-corrected chi connectivity index (χ2v) is 6.38. The molecular weight excluding hydrogens is 248 g/mol. The maximum Gasteiger partial charge on any atom is 0.245 e. The minimum atomic E-state index is -0.550. The van der Waals surface area contributed by atoms with Crippen LogP contribution >= 0.6 is 11.3 Å². The molecule has 0 bridgehead atoms. The highest BCUT2D eigenvalue weighted by molar-refractivity contribution is 7.10. The van der Waals surface area contributed by atoms with Gasteiger partial charge < -0.3 is 15.4 Å². The first-order valence-corrected chi connectivity index (χ1v) is 7.02. The molecule has 2 N–H and O–H groups in total. The summed E-state index contributed by atoms with van der Waals surface area (Å²) in [6.45, 7) is 7.19. The summed E-state index contributed by atoms with van der Waals surface area (Å²) in [5, 5.41) is 1.94. The summed E-state index contributed by atoms with van der Waals surface area (Å²) in [7, 11) is 0. The largest absolute Gasteiger partial charge is 0.369 e. The van der Waals surface area contributed by atoms with Crippen molar-refractivity contribution in [2.45, 2.75) is 38.5 Å². The van der Waals surface area contributed by atoms with Crippen molar-refractivity contribution in [1.82, 2.24) is 4.90 Å². The minimum Gasteiger partial charge on any atom is -0.369 e. The fraction of sp³-hybridized carbons (Fsp3) is 0.615. The van der Waals surface area contributed by atoms with Gasteiger partial charge in [-0.2, -0.15) is 0 Å². The van der Waals surface area contributed by atoms with Crippen LogP contribution in [-0.4, -0.2) is 35.6 Å². The highest BCUT2D eigenvalue weighted by atomic mass is 32.1. The molecule has 1 amide bonds. The number of nitrogens with two attached hydrogens (primary N) is 1. The van der Waals surface area contributed by atoms with Gasteiger partial charge in [-0.25, -0.2) is 0 Å². The van der Waals surface area contributed by atoms with E-state index in [4.69, 9.17) is 10.5 Å². The van der Waals surface area contributed by atoms with E-state index in [-0.39, 0.29) is 17.6 Å². The summed E-state index contributed by atoms with van der Waals surface area (Å²) in [6.07, 6.45) is 0.0493. The van der Waals surface area contributed by atoms with Crippen molar-refractivity contribution in [1.29, 1.82) is 0 Å². The van der Waals surface area contributed by atoms with Crippen LogP contribution in [0, 0.1) is 0 Å². The molecular formula is C13H20N2O2S. The van der Waals surface area contributed by atoms with Gasteiger partial charge in [0.1, 0.15) is 6.04 Å². The number of nitrogens with zero attached hydrogens (tertiary/aromatic N) is 1. The zero-order valence-corrected chi connectivity index (χ0v) is 11.9. The number of rotatable bonds is 2. The number of ether oxygens (including phenoxy) is 1. The van der Waals surface area contributed by atoms with Gasteiger partial charge in [0.25, 0.3) is 0 Å². The molecule has 4 nitrogen and oxygen atoms in total. The van der Waals surface area contributed by atoms with Crippen molar-refractivity contribution in [2.24, 2.45) is 5.73 Å². The van der Waals surface area contributed by atoms with Gasteiger partial charge >= 0.3 is 0 Å². The Balaban J connectivity index is 2.09. The lowest BCUT2D eigenvalue weighted by atomic mass is 10.0. The molecule has 2 atom stereocenters. The van der Waals surface area contributed by atoms with E-state index in [1.54, 1.807) is 0 Å². The lowest BCUT2D eigenvalue weighted by Crippen LogP contribution is -2.55. The maximum absolute atomic E-state index is 12.4. The van der Waals surface area contributed by atoms with Crippen LogP contribution in [0.4, 0.5) is 0 Å².